The number of phenolic OH excluding ortho intramolecular Hbond substituents is 1. The summed E-state index contributed by atoms with van der Waals surface area (Å²) in [6, 6.07) is 19.6. The standard InChI is InChI=1S/C24H22N2O2/c27-23-14-18-6-2-1-5-17(18)13-20(23)24(28)26-11-9-16(10-12-26)21-15-25-22-8-4-3-7-19(21)22/h1-8,13-16,25,27H,9-12H2. The summed E-state index contributed by atoms with van der Waals surface area (Å²) >= 11 is 0. The molecule has 4 heteroatoms. The normalized spacial score (nSPS) is 15.4. The predicted molar refractivity (Wildman–Crippen MR) is 112 cm³/mol. The van der Waals surface area contributed by atoms with Gasteiger partial charge in [0.15, 0.2) is 0 Å². The first-order valence-electron chi connectivity index (χ1n) is 9.78. The summed E-state index contributed by atoms with van der Waals surface area (Å²) in [7, 11) is 0. The van der Waals surface area contributed by atoms with E-state index in [1.807, 2.05) is 35.2 Å². The van der Waals surface area contributed by atoms with Crippen LogP contribution in [-0.4, -0.2) is 34.0 Å². The van der Waals surface area contributed by atoms with Crippen LogP contribution in [0.3, 0.4) is 0 Å². The fourth-order valence-corrected chi connectivity index (χ4v) is 4.40. The maximum absolute atomic E-state index is 13.0. The second-order valence-corrected chi connectivity index (χ2v) is 7.57. The van der Waals surface area contributed by atoms with Crippen molar-refractivity contribution < 1.29 is 9.90 Å². The second-order valence-electron chi connectivity index (χ2n) is 7.57. The number of benzene rings is 3. The van der Waals surface area contributed by atoms with E-state index in [1.165, 1.54) is 10.9 Å². The van der Waals surface area contributed by atoms with Crippen molar-refractivity contribution in [3.63, 3.8) is 0 Å². The molecule has 1 amide bonds. The lowest BCUT2D eigenvalue weighted by atomic mass is 9.89. The molecule has 1 aromatic heterocycles. The first kappa shape index (κ1) is 16.9. The van der Waals surface area contributed by atoms with E-state index in [4.69, 9.17) is 0 Å². The van der Waals surface area contributed by atoms with Gasteiger partial charge >= 0.3 is 0 Å². The third-order valence-corrected chi connectivity index (χ3v) is 5.94. The molecule has 4 nitrogen and oxygen atoms in total. The van der Waals surface area contributed by atoms with E-state index in [0.29, 0.717) is 24.6 Å². The van der Waals surface area contributed by atoms with Crippen LogP contribution in [0.25, 0.3) is 21.7 Å². The quantitative estimate of drug-likeness (QED) is 0.519. The molecule has 2 N–H and O–H groups in total. The molecule has 0 radical (unpaired) electrons. The van der Waals surface area contributed by atoms with E-state index in [1.54, 1.807) is 12.1 Å². The Morgan fingerprint density at radius 3 is 2.43 bits per heavy atom. The number of aromatic amines is 1. The predicted octanol–water partition coefficient (Wildman–Crippen LogP) is 5.05. The van der Waals surface area contributed by atoms with Crippen molar-refractivity contribution in [1.82, 2.24) is 9.88 Å². The summed E-state index contributed by atoms with van der Waals surface area (Å²) in [4.78, 5) is 18.3. The average Bonchev–Trinajstić information content (AvgIpc) is 3.17. The van der Waals surface area contributed by atoms with Crippen molar-refractivity contribution in [3.8, 4) is 5.75 Å². The number of piperidine rings is 1. The van der Waals surface area contributed by atoms with Gasteiger partial charge in [0.1, 0.15) is 5.75 Å². The molecule has 28 heavy (non-hydrogen) atoms. The first-order chi connectivity index (χ1) is 13.7. The third-order valence-electron chi connectivity index (χ3n) is 5.94. The Hall–Kier alpha value is -3.27. The van der Waals surface area contributed by atoms with Gasteiger partial charge in [-0.3, -0.25) is 4.79 Å². The van der Waals surface area contributed by atoms with Crippen molar-refractivity contribution in [3.05, 3.63) is 78.0 Å². The second kappa shape index (κ2) is 6.71. The minimum atomic E-state index is -0.0828. The number of nitrogens with zero attached hydrogens (tertiary/aromatic N) is 1. The van der Waals surface area contributed by atoms with Crippen LogP contribution >= 0.6 is 0 Å². The Labute approximate surface area is 163 Å². The Balaban J connectivity index is 1.35. The van der Waals surface area contributed by atoms with E-state index in [2.05, 4.69) is 29.4 Å². The van der Waals surface area contributed by atoms with E-state index >= 15 is 0 Å². The molecule has 1 aliphatic rings. The van der Waals surface area contributed by atoms with Crippen LogP contribution in [0.5, 0.6) is 5.75 Å². The topological polar surface area (TPSA) is 56.3 Å². The molecule has 2 heterocycles. The molecule has 0 aliphatic carbocycles. The smallest absolute Gasteiger partial charge is 0.257 e. The number of nitrogens with one attached hydrogen (secondary N) is 1. The number of phenols is 1. The average molecular weight is 370 g/mol. The Morgan fingerprint density at radius 1 is 0.964 bits per heavy atom. The highest BCUT2D eigenvalue weighted by Gasteiger charge is 2.27. The van der Waals surface area contributed by atoms with Crippen molar-refractivity contribution >= 4 is 27.6 Å². The fraction of sp³-hybridized carbons (Fsp3) is 0.208. The van der Waals surface area contributed by atoms with Gasteiger partial charge in [-0.2, -0.15) is 0 Å². The number of fused-ring (bicyclic) bond motifs is 2. The number of aromatic nitrogens is 1. The van der Waals surface area contributed by atoms with Crippen LogP contribution in [0.15, 0.2) is 66.9 Å². The summed E-state index contributed by atoms with van der Waals surface area (Å²) < 4.78 is 0. The number of carbonyl (C=O) groups is 1. The van der Waals surface area contributed by atoms with Gasteiger partial charge in [0.2, 0.25) is 0 Å². The maximum atomic E-state index is 13.0. The van der Waals surface area contributed by atoms with Crippen LogP contribution in [0.1, 0.15) is 34.7 Å². The van der Waals surface area contributed by atoms with Crippen molar-refractivity contribution in [2.24, 2.45) is 0 Å². The molecule has 0 spiro atoms. The molecule has 0 unspecified atom stereocenters. The van der Waals surface area contributed by atoms with Crippen LogP contribution in [-0.2, 0) is 0 Å². The monoisotopic (exact) mass is 370 g/mol. The van der Waals surface area contributed by atoms with Crippen molar-refractivity contribution in [2.45, 2.75) is 18.8 Å². The van der Waals surface area contributed by atoms with Gasteiger partial charge in [0, 0.05) is 30.2 Å². The largest absolute Gasteiger partial charge is 0.507 e. The number of likely N-dealkylation sites (tertiary alicyclic amines) is 1. The van der Waals surface area contributed by atoms with Gasteiger partial charge in [0.25, 0.3) is 5.91 Å². The highest BCUT2D eigenvalue weighted by molar-refractivity contribution is 6.01. The van der Waals surface area contributed by atoms with E-state index in [0.717, 1.165) is 29.1 Å². The molecule has 5 rings (SSSR count). The summed E-state index contributed by atoms with van der Waals surface area (Å²) in [5, 5.41) is 13.6. The third kappa shape index (κ3) is 2.82. The number of rotatable bonds is 2. The number of H-pyrrole nitrogens is 1. The number of para-hydroxylation sites is 1. The van der Waals surface area contributed by atoms with E-state index in [-0.39, 0.29) is 11.7 Å². The zero-order valence-corrected chi connectivity index (χ0v) is 15.6. The van der Waals surface area contributed by atoms with Gasteiger partial charge in [0.05, 0.1) is 5.56 Å². The zero-order valence-electron chi connectivity index (χ0n) is 15.6. The van der Waals surface area contributed by atoms with E-state index in [9.17, 15) is 9.90 Å². The lowest BCUT2D eigenvalue weighted by Crippen LogP contribution is -2.37. The lowest BCUT2D eigenvalue weighted by molar-refractivity contribution is 0.0710. The molecular formula is C24H22N2O2. The molecule has 1 aliphatic heterocycles. The molecule has 0 atom stereocenters. The number of carbonyl (C=O) groups excluding carboxylic acids is 1. The molecular weight excluding hydrogens is 348 g/mol. The highest BCUT2D eigenvalue weighted by atomic mass is 16.3. The number of amides is 1. The van der Waals surface area contributed by atoms with Gasteiger partial charge in [-0.05, 0) is 53.3 Å². The van der Waals surface area contributed by atoms with Crippen LogP contribution < -0.4 is 0 Å². The molecule has 1 saturated heterocycles. The molecule has 3 aromatic carbocycles. The summed E-state index contributed by atoms with van der Waals surface area (Å²) in [6.07, 6.45) is 3.98. The molecule has 140 valence electrons. The summed E-state index contributed by atoms with van der Waals surface area (Å²) in [5.41, 5.74) is 2.90. The fourth-order valence-electron chi connectivity index (χ4n) is 4.40. The zero-order chi connectivity index (χ0) is 19.1. The Kier molecular flexibility index (Phi) is 4.05. The summed E-state index contributed by atoms with van der Waals surface area (Å²) in [6.45, 7) is 1.41. The van der Waals surface area contributed by atoms with Gasteiger partial charge in [-0.25, -0.2) is 0 Å². The maximum Gasteiger partial charge on any atom is 0.257 e. The Bertz CT molecular complexity index is 1170. The molecule has 0 bridgehead atoms. The van der Waals surface area contributed by atoms with Crippen molar-refractivity contribution in [2.75, 3.05) is 13.1 Å². The van der Waals surface area contributed by atoms with Crippen LogP contribution in [0.4, 0.5) is 0 Å². The highest BCUT2D eigenvalue weighted by Crippen LogP contribution is 2.34. The van der Waals surface area contributed by atoms with Crippen molar-refractivity contribution in [1.29, 1.82) is 0 Å². The number of aromatic hydroxyl groups is 1. The Morgan fingerprint density at radius 2 is 1.64 bits per heavy atom. The first-order valence-corrected chi connectivity index (χ1v) is 9.78. The number of hydrogen-bond donors (Lipinski definition) is 2. The van der Waals surface area contributed by atoms with Crippen LogP contribution in [0, 0.1) is 0 Å². The summed E-state index contributed by atoms with van der Waals surface area (Å²) in [5.74, 6) is 0.425. The minimum absolute atomic E-state index is 0.0578. The minimum Gasteiger partial charge on any atom is -0.507 e. The lowest BCUT2D eigenvalue weighted by Gasteiger charge is -2.32. The van der Waals surface area contributed by atoms with Gasteiger partial charge in [-0.1, -0.05) is 42.5 Å². The molecule has 0 saturated carbocycles. The van der Waals surface area contributed by atoms with Gasteiger partial charge < -0.3 is 15.0 Å². The SMILES string of the molecule is O=C(c1cc2ccccc2cc1O)N1CCC(c2c[nH]c3ccccc23)CC1. The number of hydrogen-bond acceptors (Lipinski definition) is 2. The van der Waals surface area contributed by atoms with Crippen LogP contribution in [0.2, 0.25) is 0 Å². The molecule has 1 fully saturated rings. The van der Waals surface area contributed by atoms with Gasteiger partial charge in [-0.15, -0.1) is 0 Å². The van der Waals surface area contributed by atoms with E-state index < -0.39 is 0 Å². The molecule has 4 aromatic rings.